The van der Waals surface area contributed by atoms with Crippen molar-refractivity contribution in [1.29, 1.82) is 0 Å². The van der Waals surface area contributed by atoms with E-state index in [1.807, 2.05) is 39.8 Å². The van der Waals surface area contributed by atoms with E-state index < -0.39 is 0 Å². The first kappa shape index (κ1) is 9.93. The van der Waals surface area contributed by atoms with Crippen LogP contribution in [0, 0.1) is 0 Å². The Hall–Kier alpha value is -0.605. The summed E-state index contributed by atoms with van der Waals surface area (Å²) in [6.07, 6.45) is 3.99. The van der Waals surface area contributed by atoms with Gasteiger partial charge in [0.1, 0.15) is 0 Å². The molecule has 0 amide bonds. The Morgan fingerprint density at radius 1 is 1.21 bits per heavy atom. The first-order valence-electron chi connectivity index (χ1n) is 4.99. The molecule has 0 unspecified atom stereocenters. The monoisotopic (exact) mass is 193 g/mol. The number of hydrogen-bond acceptors (Lipinski definition) is 3. The van der Waals surface area contributed by atoms with Crippen molar-refractivity contribution in [3.05, 3.63) is 12.2 Å². The topological polar surface area (TPSA) is 30.8 Å². The van der Waals surface area contributed by atoms with E-state index in [1.165, 1.54) is 0 Å². The lowest BCUT2D eigenvalue weighted by atomic mass is 9.82. The third kappa shape index (κ3) is 1.42. The summed E-state index contributed by atoms with van der Waals surface area (Å²) in [6, 6.07) is 0. The average molecular weight is 193 g/mol. The Balaban J connectivity index is 2.17. The predicted octanol–water partition coefficient (Wildman–Crippen LogP) is 1.63. The second kappa shape index (κ2) is 2.94. The fraction of sp³-hybridized carbons (Fsp3) is 0.700. The van der Waals surface area contributed by atoms with Crippen LogP contribution in [0.4, 0.5) is 0 Å². The van der Waals surface area contributed by atoms with E-state index in [4.69, 9.17) is 9.31 Å². The predicted molar refractivity (Wildman–Crippen MR) is 57.5 cm³/mol. The SMILES string of the molecule is CC1(C)OB(C2=NCC=C2)OC1(C)C. The van der Waals surface area contributed by atoms with Gasteiger partial charge >= 0.3 is 7.12 Å². The quantitative estimate of drug-likeness (QED) is 0.592. The van der Waals surface area contributed by atoms with Crippen molar-refractivity contribution in [2.75, 3.05) is 6.54 Å². The molecule has 4 heteroatoms. The maximum atomic E-state index is 5.84. The molecule has 0 saturated carbocycles. The Morgan fingerprint density at radius 2 is 1.79 bits per heavy atom. The Bertz CT molecular complexity index is 291. The molecule has 0 aliphatic carbocycles. The number of aliphatic imine (C=N–C) groups is 1. The normalized spacial score (nSPS) is 28.3. The van der Waals surface area contributed by atoms with Gasteiger partial charge in [-0.1, -0.05) is 6.08 Å². The smallest absolute Gasteiger partial charge is 0.398 e. The van der Waals surface area contributed by atoms with Gasteiger partial charge in [0.15, 0.2) is 0 Å². The van der Waals surface area contributed by atoms with Crippen molar-refractivity contribution < 1.29 is 9.31 Å². The van der Waals surface area contributed by atoms with Crippen LogP contribution in [0.3, 0.4) is 0 Å². The lowest BCUT2D eigenvalue weighted by molar-refractivity contribution is 0.00578. The molecule has 0 aromatic carbocycles. The molecule has 0 spiro atoms. The maximum absolute atomic E-state index is 5.84. The van der Waals surface area contributed by atoms with E-state index in [2.05, 4.69) is 4.99 Å². The lowest BCUT2D eigenvalue weighted by Crippen LogP contribution is -2.41. The van der Waals surface area contributed by atoms with Gasteiger partial charge in [0.05, 0.1) is 23.4 Å². The molecular formula is C10H16BNO2. The first-order chi connectivity index (χ1) is 6.42. The Kier molecular flexibility index (Phi) is 2.09. The van der Waals surface area contributed by atoms with E-state index in [-0.39, 0.29) is 18.3 Å². The molecule has 0 radical (unpaired) electrons. The van der Waals surface area contributed by atoms with Crippen LogP contribution in [0.15, 0.2) is 17.1 Å². The minimum Gasteiger partial charge on any atom is -0.398 e. The zero-order valence-corrected chi connectivity index (χ0v) is 9.20. The van der Waals surface area contributed by atoms with Gasteiger partial charge in [-0.05, 0) is 33.8 Å². The highest BCUT2D eigenvalue weighted by molar-refractivity contribution is 6.84. The van der Waals surface area contributed by atoms with Gasteiger partial charge in [0.25, 0.3) is 0 Å². The van der Waals surface area contributed by atoms with E-state index in [0.717, 1.165) is 12.2 Å². The van der Waals surface area contributed by atoms with Gasteiger partial charge in [-0.25, -0.2) is 0 Å². The highest BCUT2D eigenvalue weighted by Crippen LogP contribution is 2.37. The molecule has 1 fully saturated rings. The molecule has 2 aliphatic heterocycles. The second-order valence-corrected chi connectivity index (χ2v) is 4.76. The summed E-state index contributed by atoms with van der Waals surface area (Å²) in [5, 5.41) is 0. The van der Waals surface area contributed by atoms with Crippen LogP contribution in [-0.2, 0) is 9.31 Å². The van der Waals surface area contributed by atoms with Gasteiger partial charge in [-0.3, -0.25) is 4.99 Å². The molecule has 2 aliphatic rings. The highest BCUT2D eigenvalue weighted by atomic mass is 16.7. The zero-order chi connectivity index (χ0) is 10.4. The summed E-state index contributed by atoms with van der Waals surface area (Å²) in [6.45, 7) is 8.94. The van der Waals surface area contributed by atoms with Crippen molar-refractivity contribution in [2.24, 2.45) is 4.99 Å². The molecule has 2 heterocycles. The standard InChI is InChI=1S/C10H16BNO2/c1-9(2)10(3,4)14-11(13-9)8-6-5-7-12-8/h5-6H,7H2,1-4H3. The zero-order valence-electron chi connectivity index (χ0n) is 9.20. The van der Waals surface area contributed by atoms with E-state index >= 15 is 0 Å². The van der Waals surface area contributed by atoms with Crippen LogP contribution >= 0.6 is 0 Å². The van der Waals surface area contributed by atoms with Crippen molar-refractivity contribution in [2.45, 2.75) is 38.9 Å². The van der Waals surface area contributed by atoms with Crippen LogP contribution in [0.1, 0.15) is 27.7 Å². The highest BCUT2D eigenvalue weighted by Gasteiger charge is 2.52. The van der Waals surface area contributed by atoms with Crippen molar-refractivity contribution >= 4 is 12.7 Å². The second-order valence-electron chi connectivity index (χ2n) is 4.76. The van der Waals surface area contributed by atoms with Crippen LogP contribution < -0.4 is 0 Å². The van der Waals surface area contributed by atoms with E-state index in [1.54, 1.807) is 0 Å². The summed E-state index contributed by atoms with van der Waals surface area (Å²) in [5.74, 6) is 0. The molecule has 76 valence electrons. The lowest BCUT2D eigenvalue weighted by Gasteiger charge is -2.32. The molecule has 14 heavy (non-hydrogen) atoms. The Labute approximate surface area is 85.3 Å². The fourth-order valence-corrected chi connectivity index (χ4v) is 1.50. The van der Waals surface area contributed by atoms with Crippen LogP contribution in [0.5, 0.6) is 0 Å². The number of nitrogens with zero attached hydrogens (tertiary/aromatic N) is 1. The minimum atomic E-state index is -0.293. The molecule has 0 aromatic rings. The van der Waals surface area contributed by atoms with E-state index in [9.17, 15) is 0 Å². The van der Waals surface area contributed by atoms with Crippen molar-refractivity contribution in [1.82, 2.24) is 0 Å². The summed E-state index contributed by atoms with van der Waals surface area (Å²) >= 11 is 0. The van der Waals surface area contributed by atoms with Crippen LogP contribution in [0.2, 0.25) is 0 Å². The van der Waals surface area contributed by atoms with Gasteiger partial charge in [0.2, 0.25) is 0 Å². The molecule has 0 N–H and O–H groups in total. The van der Waals surface area contributed by atoms with Gasteiger partial charge in [-0.15, -0.1) is 0 Å². The van der Waals surface area contributed by atoms with Crippen molar-refractivity contribution in [3.63, 3.8) is 0 Å². The van der Waals surface area contributed by atoms with Gasteiger partial charge in [0, 0.05) is 0 Å². The van der Waals surface area contributed by atoms with Crippen molar-refractivity contribution in [3.8, 4) is 0 Å². The van der Waals surface area contributed by atoms with Crippen LogP contribution in [0.25, 0.3) is 0 Å². The van der Waals surface area contributed by atoms with Gasteiger partial charge < -0.3 is 9.31 Å². The largest absolute Gasteiger partial charge is 0.514 e. The Morgan fingerprint density at radius 3 is 2.21 bits per heavy atom. The fourth-order valence-electron chi connectivity index (χ4n) is 1.50. The molecule has 0 aromatic heterocycles. The third-order valence-corrected chi connectivity index (χ3v) is 3.16. The first-order valence-corrected chi connectivity index (χ1v) is 4.99. The average Bonchev–Trinajstić information content (AvgIpc) is 2.58. The molecule has 1 saturated heterocycles. The number of allylic oxidation sites excluding steroid dienone is 1. The molecule has 3 nitrogen and oxygen atoms in total. The minimum absolute atomic E-state index is 0.267. The summed E-state index contributed by atoms with van der Waals surface area (Å²) in [5.41, 5.74) is 0.372. The van der Waals surface area contributed by atoms with Gasteiger partial charge in [-0.2, -0.15) is 0 Å². The number of hydrogen-bond donors (Lipinski definition) is 0. The number of rotatable bonds is 1. The summed E-state index contributed by atoms with van der Waals surface area (Å²) in [4.78, 5) is 4.30. The molecule has 2 rings (SSSR count). The summed E-state index contributed by atoms with van der Waals surface area (Å²) in [7, 11) is -0.293. The molecule has 0 atom stereocenters. The van der Waals surface area contributed by atoms with Crippen LogP contribution in [-0.4, -0.2) is 30.5 Å². The van der Waals surface area contributed by atoms with E-state index in [0.29, 0.717) is 0 Å². The third-order valence-electron chi connectivity index (χ3n) is 3.16. The summed E-state index contributed by atoms with van der Waals surface area (Å²) < 4.78 is 11.7. The molecular weight excluding hydrogens is 177 g/mol. The maximum Gasteiger partial charge on any atom is 0.514 e. The molecule has 0 bridgehead atoms.